The Bertz CT molecular complexity index is 914. The van der Waals surface area contributed by atoms with Gasteiger partial charge >= 0.3 is 0 Å². The zero-order valence-electron chi connectivity index (χ0n) is 24.5. The summed E-state index contributed by atoms with van der Waals surface area (Å²) in [4.78, 5) is 4.05. The molecule has 0 amide bonds. The van der Waals surface area contributed by atoms with Crippen LogP contribution in [0.1, 0.15) is 101 Å². The Labute approximate surface area is 233 Å². The maximum atomic E-state index is 5.56. The highest BCUT2D eigenvalue weighted by Crippen LogP contribution is 2.39. The van der Waals surface area contributed by atoms with Gasteiger partial charge in [-0.15, -0.1) is 0 Å². The van der Waals surface area contributed by atoms with E-state index in [1.165, 1.54) is 88.1 Å². The van der Waals surface area contributed by atoms with E-state index in [9.17, 15) is 0 Å². The van der Waals surface area contributed by atoms with E-state index in [0.29, 0.717) is 5.92 Å². The van der Waals surface area contributed by atoms with E-state index in [2.05, 4.69) is 48.6 Å². The lowest BCUT2D eigenvalue weighted by molar-refractivity contribution is 0.397. The Morgan fingerprint density at radius 2 is 1.26 bits per heavy atom. The van der Waals surface area contributed by atoms with Crippen molar-refractivity contribution in [2.75, 3.05) is 14.2 Å². The predicted octanol–water partition coefficient (Wildman–Crippen LogP) is 8.47. The number of rotatable bonds is 18. The number of aryl methyl sites for hydroxylation is 1. The Morgan fingerprint density at radius 1 is 0.737 bits per heavy atom. The number of hydrogen-bond donors (Lipinski definition) is 0. The first-order valence-electron chi connectivity index (χ1n) is 15.0. The second kappa shape index (κ2) is 20.3. The van der Waals surface area contributed by atoms with Crippen LogP contribution in [0.15, 0.2) is 67.3 Å². The fourth-order valence-corrected chi connectivity index (χ4v) is 5.00. The van der Waals surface area contributed by atoms with E-state index < -0.39 is 0 Å². The Hall–Kier alpha value is -2.69. The van der Waals surface area contributed by atoms with Crippen LogP contribution in [-0.4, -0.2) is 31.6 Å². The lowest BCUT2D eigenvalue weighted by atomic mass is 9.84. The second-order valence-corrected chi connectivity index (χ2v) is 10.2. The van der Waals surface area contributed by atoms with Crippen molar-refractivity contribution in [3.63, 3.8) is 0 Å². The number of ether oxygens (including phenoxy) is 2. The van der Waals surface area contributed by atoms with Gasteiger partial charge < -0.3 is 14.0 Å². The molecule has 1 aromatic heterocycles. The maximum Gasteiger partial charge on any atom is 0.122 e. The van der Waals surface area contributed by atoms with Gasteiger partial charge in [0.15, 0.2) is 0 Å². The molecule has 0 saturated heterocycles. The van der Waals surface area contributed by atoms with E-state index in [1.54, 1.807) is 14.2 Å². The number of hydrogen-bond acceptors (Lipinski definition) is 3. The van der Waals surface area contributed by atoms with Crippen LogP contribution in [-0.2, 0) is 6.54 Å². The molecular weight excluding hydrogens is 467 g/mol. The molecule has 0 aliphatic carbocycles. The average molecular weight is 519 g/mol. The standard InChI is InChI=1S/C18H23BO2.C15H28N2/c1-20-17-11-5-3-8-15(17)14(10-7-13-19)16-9-4-6-12-18(16)21-2;1-2-3-4-5-6-7-8-9-10-11-13-17-14-12-16-15-17/h3-6,8-9,11-12,14H,7,10,13,19H2,1-2H3;12,14-15H,2-11,13H2,1H3. The molecule has 0 aliphatic heterocycles. The van der Waals surface area contributed by atoms with Gasteiger partial charge in [0.2, 0.25) is 0 Å². The van der Waals surface area contributed by atoms with E-state index in [0.717, 1.165) is 24.5 Å². The molecule has 0 fully saturated rings. The number of nitrogens with zero attached hydrogens (tertiary/aromatic N) is 2. The summed E-state index contributed by atoms with van der Waals surface area (Å²) in [6.45, 7) is 3.41. The van der Waals surface area contributed by atoms with Crippen molar-refractivity contribution < 1.29 is 9.47 Å². The van der Waals surface area contributed by atoms with Crippen molar-refractivity contribution in [1.82, 2.24) is 9.55 Å². The van der Waals surface area contributed by atoms with Gasteiger partial charge in [0.05, 0.1) is 20.5 Å². The number of unbranched alkanes of at least 4 members (excludes halogenated alkanes) is 9. The Kier molecular flexibility index (Phi) is 16.8. The predicted molar refractivity (Wildman–Crippen MR) is 164 cm³/mol. The van der Waals surface area contributed by atoms with Crippen LogP contribution in [0.3, 0.4) is 0 Å². The summed E-state index contributed by atoms with van der Waals surface area (Å²) in [5.41, 5.74) is 2.47. The van der Waals surface area contributed by atoms with Crippen LogP contribution >= 0.6 is 0 Å². The van der Waals surface area contributed by atoms with E-state index >= 15 is 0 Å². The average Bonchev–Trinajstić information content (AvgIpc) is 3.49. The van der Waals surface area contributed by atoms with Crippen LogP contribution in [0, 0.1) is 0 Å². The molecule has 0 aliphatic rings. The third-order valence-corrected chi connectivity index (χ3v) is 7.20. The minimum atomic E-state index is 0.303. The zero-order chi connectivity index (χ0) is 27.3. The first-order valence-corrected chi connectivity index (χ1v) is 15.0. The summed E-state index contributed by atoms with van der Waals surface area (Å²) in [5, 5.41) is 0. The summed E-state index contributed by atoms with van der Waals surface area (Å²) in [7, 11) is 5.69. The quantitative estimate of drug-likeness (QED) is 0.125. The van der Waals surface area contributed by atoms with Crippen LogP contribution in [0.25, 0.3) is 0 Å². The van der Waals surface area contributed by atoms with Crippen molar-refractivity contribution in [3.05, 3.63) is 78.4 Å². The van der Waals surface area contributed by atoms with Crippen LogP contribution in [0.4, 0.5) is 0 Å². The normalized spacial score (nSPS) is 10.7. The summed E-state index contributed by atoms with van der Waals surface area (Å²) < 4.78 is 13.3. The Morgan fingerprint density at radius 3 is 1.74 bits per heavy atom. The molecule has 38 heavy (non-hydrogen) atoms. The molecular formula is C33H51BN2O2. The molecule has 208 valence electrons. The summed E-state index contributed by atoms with van der Waals surface area (Å²) in [6, 6.07) is 16.6. The van der Waals surface area contributed by atoms with E-state index in [4.69, 9.17) is 9.47 Å². The van der Waals surface area contributed by atoms with Crippen molar-refractivity contribution in [3.8, 4) is 11.5 Å². The van der Waals surface area contributed by atoms with E-state index in [1.807, 2.05) is 43.0 Å². The SMILES string of the molecule is BCCCC(c1ccccc1OC)c1ccccc1OC.CCCCCCCCCCCCn1ccnc1. The third-order valence-electron chi connectivity index (χ3n) is 7.20. The summed E-state index contributed by atoms with van der Waals surface area (Å²) in [6.07, 6.45) is 23.3. The zero-order valence-corrected chi connectivity index (χ0v) is 24.5. The third kappa shape index (κ3) is 11.8. The number of aromatic nitrogens is 2. The molecule has 0 radical (unpaired) electrons. The molecule has 5 heteroatoms. The molecule has 2 aromatic carbocycles. The van der Waals surface area contributed by atoms with Crippen LogP contribution in [0.5, 0.6) is 11.5 Å². The Balaban J connectivity index is 0.000000273. The molecule has 0 bridgehead atoms. The maximum absolute atomic E-state index is 5.56. The lowest BCUT2D eigenvalue weighted by Crippen LogP contribution is -2.05. The molecule has 3 aromatic rings. The number of benzene rings is 2. The number of imidazole rings is 1. The smallest absolute Gasteiger partial charge is 0.122 e. The fraction of sp³-hybridized carbons (Fsp3) is 0.545. The minimum Gasteiger partial charge on any atom is -0.496 e. The first kappa shape index (κ1) is 31.5. The fourth-order valence-electron chi connectivity index (χ4n) is 5.00. The van der Waals surface area contributed by atoms with Gasteiger partial charge in [-0.3, -0.25) is 0 Å². The van der Waals surface area contributed by atoms with Crippen LogP contribution < -0.4 is 9.47 Å². The number of para-hydroxylation sites is 2. The summed E-state index contributed by atoms with van der Waals surface area (Å²) >= 11 is 0. The molecule has 1 heterocycles. The first-order chi connectivity index (χ1) is 18.7. The van der Waals surface area contributed by atoms with Gasteiger partial charge in [0.1, 0.15) is 19.3 Å². The van der Waals surface area contributed by atoms with Crippen LogP contribution in [0.2, 0.25) is 6.32 Å². The van der Waals surface area contributed by atoms with Gasteiger partial charge in [0.25, 0.3) is 0 Å². The van der Waals surface area contributed by atoms with Crippen molar-refractivity contribution in [2.24, 2.45) is 0 Å². The lowest BCUT2D eigenvalue weighted by Gasteiger charge is -2.22. The molecule has 0 N–H and O–H groups in total. The van der Waals surface area contributed by atoms with Gasteiger partial charge in [-0.25, -0.2) is 4.98 Å². The number of methoxy groups -OCH3 is 2. The van der Waals surface area contributed by atoms with Crippen molar-refractivity contribution >= 4 is 7.85 Å². The highest BCUT2D eigenvalue weighted by Gasteiger charge is 2.20. The highest BCUT2D eigenvalue weighted by molar-refractivity contribution is 6.08. The molecule has 0 saturated carbocycles. The van der Waals surface area contributed by atoms with Gasteiger partial charge in [-0.05, 0) is 25.0 Å². The van der Waals surface area contributed by atoms with Crippen molar-refractivity contribution in [2.45, 2.75) is 103 Å². The minimum absolute atomic E-state index is 0.303. The highest BCUT2D eigenvalue weighted by atomic mass is 16.5. The van der Waals surface area contributed by atoms with Gasteiger partial charge in [-0.2, -0.15) is 0 Å². The summed E-state index contributed by atoms with van der Waals surface area (Å²) in [5.74, 6) is 2.20. The monoisotopic (exact) mass is 518 g/mol. The molecule has 3 rings (SSSR count). The molecule has 0 atom stereocenters. The second-order valence-electron chi connectivity index (χ2n) is 10.2. The van der Waals surface area contributed by atoms with E-state index in [-0.39, 0.29) is 0 Å². The van der Waals surface area contributed by atoms with Gasteiger partial charge in [0, 0.05) is 36.0 Å². The topological polar surface area (TPSA) is 36.3 Å². The largest absolute Gasteiger partial charge is 0.496 e. The molecule has 4 nitrogen and oxygen atoms in total. The van der Waals surface area contributed by atoms with Crippen molar-refractivity contribution in [1.29, 1.82) is 0 Å². The molecule has 0 spiro atoms. The van der Waals surface area contributed by atoms with Gasteiger partial charge in [-0.1, -0.05) is 114 Å². The molecule has 0 unspecified atom stereocenters.